The smallest absolute Gasteiger partial charge is 0.261 e. The fourth-order valence-electron chi connectivity index (χ4n) is 3.07. The maximum Gasteiger partial charge on any atom is 0.261 e. The van der Waals surface area contributed by atoms with Crippen molar-refractivity contribution in [3.8, 4) is 11.5 Å². The van der Waals surface area contributed by atoms with E-state index >= 15 is 0 Å². The monoisotopic (exact) mass is 392 g/mol. The van der Waals surface area contributed by atoms with Crippen molar-refractivity contribution in [2.45, 2.75) is 13.5 Å². The number of nitrogens with one attached hydrogen (secondary N) is 2. The summed E-state index contributed by atoms with van der Waals surface area (Å²) in [6, 6.07) is 11.0. The Morgan fingerprint density at radius 1 is 1.28 bits per heavy atom. The Kier molecular flexibility index (Phi) is 5.19. The van der Waals surface area contributed by atoms with Gasteiger partial charge in [-0.1, -0.05) is 17.3 Å². The molecular formula is C20H20N6O3. The third kappa shape index (κ3) is 4.23. The van der Waals surface area contributed by atoms with Gasteiger partial charge in [-0.2, -0.15) is 4.98 Å². The number of hydrogen-bond donors (Lipinski definition) is 2. The second-order valence-corrected chi connectivity index (χ2v) is 6.67. The number of aromatic nitrogens is 3. The zero-order valence-corrected chi connectivity index (χ0v) is 15.9. The van der Waals surface area contributed by atoms with E-state index in [1.165, 1.54) is 0 Å². The molecule has 0 bridgehead atoms. The van der Waals surface area contributed by atoms with Gasteiger partial charge in [0.1, 0.15) is 5.82 Å². The van der Waals surface area contributed by atoms with Crippen LogP contribution in [0.4, 0.5) is 5.82 Å². The van der Waals surface area contributed by atoms with Crippen molar-refractivity contribution in [2.75, 3.05) is 25.0 Å². The zero-order valence-electron chi connectivity index (χ0n) is 15.9. The number of carbonyl (C=O) groups excluding carboxylic acids is 2. The van der Waals surface area contributed by atoms with Crippen molar-refractivity contribution < 1.29 is 14.1 Å². The molecule has 1 fully saturated rings. The molecule has 9 heteroatoms. The Morgan fingerprint density at radius 2 is 2.10 bits per heavy atom. The number of anilines is 1. The van der Waals surface area contributed by atoms with Crippen LogP contribution in [0, 0.1) is 6.92 Å². The first-order valence-corrected chi connectivity index (χ1v) is 9.24. The molecule has 3 heterocycles. The van der Waals surface area contributed by atoms with Gasteiger partial charge in [-0.25, -0.2) is 4.98 Å². The van der Waals surface area contributed by atoms with Gasteiger partial charge < -0.3 is 20.1 Å². The lowest BCUT2D eigenvalue weighted by atomic mass is 10.1. The Balaban J connectivity index is 1.43. The van der Waals surface area contributed by atoms with E-state index in [9.17, 15) is 9.59 Å². The van der Waals surface area contributed by atoms with Crippen LogP contribution in [0.2, 0.25) is 0 Å². The molecule has 1 aliphatic heterocycles. The summed E-state index contributed by atoms with van der Waals surface area (Å²) in [5.41, 5.74) is 2.27. The van der Waals surface area contributed by atoms with Crippen molar-refractivity contribution in [1.29, 1.82) is 0 Å². The van der Waals surface area contributed by atoms with E-state index in [2.05, 4.69) is 25.8 Å². The summed E-state index contributed by atoms with van der Waals surface area (Å²) in [5, 5.41) is 9.80. The number of benzene rings is 1. The summed E-state index contributed by atoms with van der Waals surface area (Å²) in [5.74, 6) is 1.33. The number of piperazine rings is 1. The summed E-state index contributed by atoms with van der Waals surface area (Å²) < 4.78 is 5.24. The molecule has 4 rings (SSSR count). The van der Waals surface area contributed by atoms with Crippen LogP contribution in [0.5, 0.6) is 0 Å². The molecule has 148 valence electrons. The number of aryl methyl sites for hydroxylation is 1. The molecular weight excluding hydrogens is 372 g/mol. The maximum absolute atomic E-state index is 12.5. The van der Waals surface area contributed by atoms with Gasteiger partial charge in [-0.15, -0.1) is 0 Å². The van der Waals surface area contributed by atoms with Crippen LogP contribution >= 0.6 is 0 Å². The minimum absolute atomic E-state index is 0.0970. The highest BCUT2D eigenvalue weighted by Gasteiger charge is 2.22. The van der Waals surface area contributed by atoms with Crippen LogP contribution < -0.4 is 10.6 Å². The van der Waals surface area contributed by atoms with Crippen molar-refractivity contribution >= 4 is 17.6 Å². The first-order valence-electron chi connectivity index (χ1n) is 9.24. The van der Waals surface area contributed by atoms with E-state index in [0.717, 1.165) is 11.1 Å². The van der Waals surface area contributed by atoms with Crippen molar-refractivity contribution in [3.05, 3.63) is 59.5 Å². The molecule has 3 aromatic rings. The Bertz CT molecular complexity index is 1030. The molecule has 2 amide bonds. The van der Waals surface area contributed by atoms with Gasteiger partial charge in [-0.05, 0) is 36.8 Å². The molecule has 2 aromatic heterocycles. The lowest BCUT2D eigenvalue weighted by Crippen LogP contribution is -2.49. The van der Waals surface area contributed by atoms with E-state index in [4.69, 9.17) is 4.52 Å². The van der Waals surface area contributed by atoms with Crippen LogP contribution in [0.25, 0.3) is 11.5 Å². The second-order valence-electron chi connectivity index (χ2n) is 6.67. The fraction of sp³-hybridized carbons (Fsp3) is 0.250. The SMILES string of the molecule is Cc1noc(-c2cccnc2NCc2ccc(C(=O)N3CCNC(=O)C3)cc2)n1. The lowest BCUT2D eigenvalue weighted by molar-refractivity contribution is -0.123. The fourth-order valence-corrected chi connectivity index (χ4v) is 3.07. The Hall–Kier alpha value is -3.75. The average Bonchev–Trinajstić information content (AvgIpc) is 3.18. The van der Waals surface area contributed by atoms with E-state index in [1.807, 2.05) is 18.2 Å². The Morgan fingerprint density at radius 3 is 2.83 bits per heavy atom. The van der Waals surface area contributed by atoms with Crippen LogP contribution in [-0.2, 0) is 11.3 Å². The van der Waals surface area contributed by atoms with Crippen molar-refractivity contribution in [3.63, 3.8) is 0 Å². The van der Waals surface area contributed by atoms with Gasteiger partial charge in [0.05, 0.1) is 12.1 Å². The third-order valence-electron chi connectivity index (χ3n) is 4.55. The highest BCUT2D eigenvalue weighted by atomic mass is 16.5. The van der Waals surface area contributed by atoms with Crippen molar-refractivity contribution in [1.82, 2.24) is 25.3 Å². The van der Waals surface area contributed by atoms with E-state index in [0.29, 0.717) is 42.7 Å². The van der Waals surface area contributed by atoms with Gasteiger partial charge in [-0.3, -0.25) is 9.59 Å². The number of rotatable bonds is 5. The topological polar surface area (TPSA) is 113 Å². The molecule has 0 saturated carbocycles. The first kappa shape index (κ1) is 18.6. The van der Waals surface area contributed by atoms with Crippen LogP contribution in [-0.4, -0.2) is 51.5 Å². The third-order valence-corrected chi connectivity index (χ3v) is 4.55. The summed E-state index contributed by atoms with van der Waals surface area (Å²) in [6.07, 6.45) is 1.69. The summed E-state index contributed by atoms with van der Waals surface area (Å²) >= 11 is 0. The first-order chi connectivity index (χ1) is 14.1. The van der Waals surface area contributed by atoms with Crippen LogP contribution in [0.3, 0.4) is 0 Å². The molecule has 0 unspecified atom stereocenters. The Labute approximate surface area is 167 Å². The van der Waals surface area contributed by atoms with Gasteiger partial charge >= 0.3 is 0 Å². The number of nitrogens with zero attached hydrogens (tertiary/aromatic N) is 4. The molecule has 0 aliphatic carbocycles. The number of pyridine rings is 1. The van der Waals surface area contributed by atoms with Crippen LogP contribution in [0.1, 0.15) is 21.7 Å². The summed E-state index contributed by atoms with van der Waals surface area (Å²) in [4.78, 5) is 34.2. The van der Waals surface area contributed by atoms with Gasteiger partial charge in [0.25, 0.3) is 11.8 Å². The summed E-state index contributed by atoms with van der Waals surface area (Å²) in [6.45, 7) is 3.37. The molecule has 1 aromatic carbocycles. The van der Waals surface area contributed by atoms with E-state index in [-0.39, 0.29) is 18.4 Å². The van der Waals surface area contributed by atoms with Crippen molar-refractivity contribution in [2.24, 2.45) is 0 Å². The largest absolute Gasteiger partial charge is 0.365 e. The standard InChI is InChI=1S/C20H20N6O3/c1-13-24-19(29-25-13)16-3-2-8-22-18(16)23-11-14-4-6-15(7-5-14)20(28)26-10-9-21-17(27)12-26/h2-8H,9-12H2,1H3,(H,21,27)(H,22,23). The average molecular weight is 392 g/mol. The number of hydrogen-bond acceptors (Lipinski definition) is 7. The number of amides is 2. The molecule has 0 spiro atoms. The van der Waals surface area contributed by atoms with Crippen LogP contribution in [0.15, 0.2) is 47.1 Å². The molecule has 0 atom stereocenters. The minimum Gasteiger partial charge on any atom is -0.365 e. The zero-order chi connectivity index (χ0) is 20.2. The quantitative estimate of drug-likeness (QED) is 0.678. The highest BCUT2D eigenvalue weighted by Crippen LogP contribution is 2.24. The van der Waals surface area contributed by atoms with E-state index < -0.39 is 0 Å². The van der Waals surface area contributed by atoms with Gasteiger partial charge in [0.2, 0.25) is 5.91 Å². The lowest BCUT2D eigenvalue weighted by Gasteiger charge is -2.26. The number of carbonyl (C=O) groups is 2. The molecule has 9 nitrogen and oxygen atoms in total. The maximum atomic E-state index is 12.5. The second kappa shape index (κ2) is 8.09. The molecule has 1 saturated heterocycles. The summed E-state index contributed by atoms with van der Waals surface area (Å²) in [7, 11) is 0. The highest BCUT2D eigenvalue weighted by molar-refractivity contribution is 5.97. The molecule has 29 heavy (non-hydrogen) atoms. The molecule has 0 radical (unpaired) electrons. The molecule has 2 N–H and O–H groups in total. The minimum atomic E-state index is -0.141. The predicted octanol–water partition coefficient (Wildman–Crippen LogP) is 1.62. The van der Waals surface area contributed by atoms with E-state index in [1.54, 1.807) is 36.2 Å². The normalized spacial score (nSPS) is 13.8. The van der Waals surface area contributed by atoms with Gasteiger partial charge in [0.15, 0.2) is 5.82 Å². The van der Waals surface area contributed by atoms with Gasteiger partial charge in [0, 0.05) is 31.4 Å². The predicted molar refractivity (Wildman–Crippen MR) is 105 cm³/mol. The molecule has 1 aliphatic rings.